The second-order valence-electron chi connectivity index (χ2n) is 11.2. The van der Waals surface area contributed by atoms with Crippen LogP contribution in [0.2, 0.25) is 5.02 Å². The lowest BCUT2D eigenvalue weighted by atomic mass is 9.88. The van der Waals surface area contributed by atoms with E-state index in [-0.39, 0.29) is 40.4 Å². The minimum Gasteiger partial charge on any atom is -0.375 e. The van der Waals surface area contributed by atoms with Crippen molar-refractivity contribution in [3.8, 4) is 6.07 Å². The van der Waals surface area contributed by atoms with Crippen LogP contribution in [0.5, 0.6) is 0 Å². The SMILES string of the molecule is CC1(C)CC(N2CCC2C(=O)N(C(=O)[C@@H]2C[C@@H](S(=O)(=O)c3ccccc3Cl)CN2)C2(C#N)CC2)CCO1. The maximum atomic E-state index is 13.8. The van der Waals surface area contributed by atoms with Crippen molar-refractivity contribution in [2.75, 3.05) is 19.7 Å². The number of amides is 2. The Balaban J connectivity index is 1.34. The zero-order valence-corrected chi connectivity index (χ0v) is 22.7. The van der Waals surface area contributed by atoms with Crippen molar-refractivity contribution in [2.24, 2.45) is 0 Å². The number of carbonyl (C=O) groups excluding carboxylic acids is 2. The molecule has 3 saturated heterocycles. The molecule has 4 atom stereocenters. The molecule has 1 saturated carbocycles. The summed E-state index contributed by atoms with van der Waals surface area (Å²) in [5, 5.41) is 12.2. The van der Waals surface area contributed by atoms with Gasteiger partial charge in [0.15, 0.2) is 9.84 Å². The highest BCUT2D eigenvalue weighted by atomic mass is 35.5. The van der Waals surface area contributed by atoms with Crippen LogP contribution in [-0.4, -0.2) is 84.2 Å². The van der Waals surface area contributed by atoms with Crippen molar-refractivity contribution >= 4 is 33.3 Å². The molecule has 1 N–H and O–H groups in total. The maximum Gasteiger partial charge on any atom is 0.247 e. The topological polar surface area (TPSA) is 120 Å². The number of hydrogen-bond acceptors (Lipinski definition) is 8. The minimum absolute atomic E-state index is 0.0141. The molecule has 1 aromatic carbocycles. The first-order valence-electron chi connectivity index (χ1n) is 12.9. The Hall–Kier alpha value is -2.03. The molecule has 0 spiro atoms. The molecule has 3 heterocycles. The molecule has 37 heavy (non-hydrogen) atoms. The average molecular weight is 549 g/mol. The summed E-state index contributed by atoms with van der Waals surface area (Å²) in [5.41, 5.74) is -1.42. The summed E-state index contributed by atoms with van der Waals surface area (Å²) in [5.74, 6) is -0.862. The van der Waals surface area contributed by atoms with Crippen LogP contribution in [0.4, 0.5) is 0 Å². The van der Waals surface area contributed by atoms with E-state index < -0.39 is 38.6 Å². The smallest absolute Gasteiger partial charge is 0.247 e. The van der Waals surface area contributed by atoms with Gasteiger partial charge in [0.1, 0.15) is 5.54 Å². The van der Waals surface area contributed by atoms with E-state index in [0.29, 0.717) is 25.9 Å². The lowest BCUT2D eigenvalue weighted by Crippen LogP contribution is -2.65. The summed E-state index contributed by atoms with van der Waals surface area (Å²) in [6.45, 7) is 5.53. The zero-order valence-electron chi connectivity index (χ0n) is 21.2. The molecule has 3 aliphatic heterocycles. The van der Waals surface area contributed by atoms with E-state index in [1.807, 2.05) is 13.8 Å². The lowest BCUT2D eigenvalue weighted by molar-refractivity contribution is -0.160. The molecule has 1 aromatic rings. The van der Waals surface area contributed by atoms with Gasteiger partial charge in [-0.05, 0) is 64.5 Å². The van der Waals surface area contributed by atoms with E-state index in [1.54, 1.807) is 12.1 Å². The van der Waals surface area contributed by atoms with E-state index >= 15 is 0 Å². The predicted octanol–water partition coefficient (Wildman–Crippen LogP) is 2.29. The number of ether oxygens (including phenoxy) is 1. The van der Waals surface area contributed by atoms with Gasteiger partial charge < -0.3 is 10.1 Å². The van der Waals surface area contributed by atoms with Crippen LogP contribution in [0, 0.1) is 11.3 Å². The number of nitrogens with one attached hydrogen (secondary N) is 1. The average Bonchev–Trinajstić information content (AvgIpc) is 3.42. The zero-order chi connectivity index (χ0) is 26.6. The van der Waals surface area contributed by atoms with Crippen molar-refractivity contribution in [3.05, 3.63) is 29.3 Å². The largest absolute Gasteiger partial charge is 0.375 e. The lowest BCUT2D eigenvalue weighted by Gasteiger charge is -2.50. The Morgan fingerprint density at radius 3 is 2.54 bits per heavy atom. The van der Waals surface area contributed by atoms with E-state index in [2.05, 4.69) is 16.3 Å². The number of likely N-dealkylation sites (tertiary alicyclic amines) is 1. The summed E-state index contributed by atoms with van der Waals surface area (Å²) in [4.78, 5) is 31.0. The van der Waals surface area contributed by atoms with Crippen LogP contribution in [0.25, 0.3) is 0 Å². The third-order valence-electron chi connectivity index (χ3n) is 8.26. The highest BCUT2D eigenvalue weighted by Gasteiger charge is 2.58. The van der Waals surface area contributed by atoms with Gasteiger partial charge in [0.25, 0.3) is 0 Å². The van der Waals surface area contributed by atoms with Gasteiger partial charge in [-0.1, -0.05) is 23.7 Å². The van der Waals surface area contributed by atoms with Crippen LogP contribution < -0.4 is 5.32 Å². The van der Waals surface area contributed by atoms with E-state index in [9.17, 15) is 23.3 Å². The first kappa shape index (κ1) is 26.6. The number of sulfone groups is 1. The molecular weight excluding hydrogens is 516 g/mol. The van der Waals surface area contributed by atoms with Gasteiger partial charge in [-0.15, -0.1) is 0 Å². The number of nitriles is 1. The number of hydrogen-bond donors (Lipinski definition) is 1. The van der Waals surface area contributed by atoms with Crippen LogP contribution in [-0.2, 0) is 24.2 Å². The van der Waals surface area contributed by atoms with Gasteiger partial charge in [-0.25, -0.2) is 8.42 Å². The number of imide groups is 1. The van der Waals surface area contributed by atoms with Crippen molar-refractivity contribution in [1.82, 2.24) is 15.1 Å². The van der Waals surface area contributed by atoms with Gasteiger partial charge in [-0.2, -0.15) is 5.26 Å². The van der Waals surface area contributed by atoms with Gasteiger partial charge in [0.05, 0.1) is 38.9 Å². The quantitative estimate of drug-likeness (QED) is 0.538. The Bertz CT molecular complexity index is 1240. The van der Waals surface area contributed by atoms with Gasteiger partial charge >= 0.3 is 0 Å². The van der Waals surface area contributed by atoms with E-state index in [1.165, 1.54) is 12.1 Å². The Kier molecular flexibility index (Phi) is 6.91. The Morgan fingerprint density at radius 2 is 1.95 bits per heavy atom. The van der Waals surface area contributed by atoms with E-state index in [4.69, 9.17) is 16.3 Å². The maximum absolute atomic E-state index is 13.8. The number of benzene rings is 1. The number of rotatable bonds is 6. The van der Waals surface area contributed by atoms with Crippen molar-refractivity contribution in [1.29, 1.82) is 5.26 Å². The monoisotopic (exact) mass is 548 g/mol. The molecule has 2 unspecified atom stereocenters. The molecule has 4 aliphatic rings. The third kappa shape index (κ3) is 4.81. The molecular formula is C26H33ClN4O5S. The third-order valence-corrected chi connectivity index (χ3v) is 10.9. The fourth-order valence-electron chi connectivity index (χ4n) is 5.91. The van der Waals surface area contributed by atoms with Crippen LogP contribution in [0.3, 0.4) is 0 Å². The van der Waals surface area contributed by atoms with Crippen molar-refractivity contribution in [2.45, 2.75) is 91.8 Å². The normalized spacial score (nSPS) is 30.6. The summed E-state index contributed by atoms with van der Waals surface area (Å²) in [6.07, 6.45) is 3.12. The minimum atomic E-state index is -3.79. The van der Waals surface area contributed by atoms with Gasteiger partial charge in [0, 0.05) is 25.7 Å². The second-order valence-corrected chi connectivity index (χ2v) is 13.9. The molecule has 200 valence electrons. The van der Waals surface area contributed by atoms with Crippen LogP contribution in [0.1, 0.15) is 52.4 Å². The fourth-order valence-corrected chi connectivity index (χ4v) is 8.10. The summed E-state index contributed by atoms with van der Waals surface area (Å²) >= 11 is 6.15. The second kappa shape index (κ2) is 9.62. The highest BCUT2D eigenvalue weighted by Crippen LogP contribution is 2.44. The molecule has 0 bridgehead atoms. The molecule has 1 aliphatic carbocycles. The van der Waals surface area contributed by atoms with Gasteiger partial charge in [0.2, 0.25) is 11.8 Å². The Morgan fingerprint density at radius 1 is 1.22 bits per heavy atom. The molecule has 5 rings (SSSR count). The van der Waals surface area contributed by atoms with Crippen LogP contribution in [0.15, 0.2) is 29.2 Å². The molecule has 9 nitrogen and oxygen atoms in total. The number of halogens is 1. The molecule has 0 aromatic heterocycles. The molecule has 4 fully saturated rings. The molecule has 0 radical (unpaired) electrons. The number of nitrogens with zero attached hydrogens (tertiary/aromatic N) is 3. The van der Waals surface area contributed by atoms with E-state index in [0.717, 1.165) is 24.3 Å². The van der Waals surface area contributed by atoms with Crippen molar-refractivity contribution < 1.29 is 22.7 Å². The molecule has 11 heteroatoms. The van der Waals surface area contributed by atoms with Gasteiger partial charge in [-0.3, -0.25) is 19.4 Å². The highest BCUT2D eigenvalue weighted by molar-refractivity contribution is 7.92. The summed E-state index contributed by atoms with van der Waals surface area (Å²) < 4.78 is 32.3. The fraction of sp³-hybridized carbons (Fsp3) is 0.654. The first-order valence-corrected chi connectivity index (χ1v) is 14.8. The Labute approximate surface area is 223 Å². The summed E-state index contributed by atoms with van der Waals surface area (Å²) in [6, 6.07) is 7.30. The number of carbonyl (C=O) groups is 2. The summed E-state index contributed by atoms with van der Waals surface area (Å²) in [7, 11) is -3.79. The molecule has 2 amide bonds. The predicted molar refractivity (Wildman–Crippen MR) is 136 cm³/mol. The van der Waals surface area contributed by atoms with Crippen LogP contribution >= 0.6 is 11.6 Å². The standard InChI is InChI=1S/C26H33ClN4O5S/c1-25(2)14-17(8-12-36-25)30-11-7-21(30)24(33)31(26(16-28)9-10-26)23(32)20-13-18(15-29-20)37(34,35)22-6-4-3-5-19(22)27/h3-6,17-18,20-21,29H,7-15H2,1-2H3/t17?,18-,20+,21?/m1/s1. The van der Waals surface area contributed by atoms with Crippen molar-refractivity contribution in [3.63, 3.8) is 0 Å². The first-order chi connectivity index (χ1) is 17.5.